The van der Waals surface area contributed by atoms with Gasteiger partial charge in [0.15, 0.2) is 0 Å². The Morgan fingerprint density at radius 3 is 2.92 bits per heavy atom. The van der Waals surface area contributed by atoms with Crippen molar-refractivity contribution in [3.63, 3.8) is 0 Å². The summed E-state index contributed by atoms with van der Waals surface area (Å²) in [4.78, 5) is 10.2. The molecule has 0 aliphatic carbocycles. The van der Waals surface area contributed by atoms with Crippen LogP contribution in [0, 0.1) is 17.0 Å². The summed E-state index contributed by atoms with van der Waals surface area (Å²) < 4.78 is 0. The van der Waals surface area contributed by atoms with E-state index in [0.29, 0.717) is 5.56 Å². The number of nitrogens with zero attached hydrogens (tertiary/aromatic N) is 2. The lowest BCUT2D eigenvalue weighted by Gasteiger charge is -2.02. The fourth-order valence-corrected chi connectivity index (χ4v) is 1.42. The summed E-state index contributed by atoms with van der Waals surface area (Å²) in [6.45, 7) is 1.74. The molecule has 13 heavy (non-hydrogen) atoms. The summed E-state index contributed by atoms with van der Waals surface area (Å²) >= 11 is 0. The molecule has 0 saturated heterocycles. The number of hydrogen-bond donors (Lipinski definition) is 0. The molecular formula is C9H7N2O2. The third kappa shape index (κ3) is 1.07. The van der Waals surface area contributed by atoms with E-state index in [1.54, 1.807) is 25.3 Å². The molecule has 1 aromatic rings. The van der Waals surface area contributed by atoms with Gasteiger partial charge in [-0.05, 0) is 19.1 Å². The van der Waals surface area contributed by atoms with Crippen LogP contribution in [0.4, 0.5) is 11.4 Å². The molecular weight excluding hydrogens is 168 g/mol. The van der Waals surface area contributed by atoms with Crippen LogP contribution in [0.25, 0.3) is 6.08 Å². The Labute approximate surface area is 75.0 Å². The summed E-state index contributed by atoms with van der Waals surface area (Å²) in [5.41, 5.74) is 2.50. The second-order valence-electron chi connectivity index (χ2n) is 2.84. The number of benzene rings is 1. The zero-order valence-corrected chi connectivity index (χ0v) is 7.02. The van der Waals surface area contributed by atoms with Crippen LogP contribution < -0.4 is 5.32 Å². The second kappa shape index (κ2) is 2.58. The maximum Gasteiger partial charge on any atom is 0.273 e. The summed E-state index contributed by atoms with van der Waals surface area (Å²) in [5, 5.41) is 14.6. The van der Waals surface area contributed by atoms with Gasteiger partial charge in [-0.25, -0.2) is 0 Å². The lowest BCUT2D eigenvalue weighted by molar-refractivity contribution is -0.385. The van der Waals surface area contributed by atoms with Crippen LogP contribution in [0.5, 0.6) is 0 Å². The minimum atomic E-state index is -0.373. The Balaban J connectivity index is 2.64. The minimum Gasteiger partial charge on any atom is -0.258 e. The van der Waals surface area contributed by atoms with Gasteiger partial charge in [-0.1, -0.05) is 0 Å². The van der Waals surface area contributed by atoms with Gasteiger partial charge in [0, 0.05) is 23.4 Å². The molecule has 0 atom stereocenters. The maximum atomic E-state index is 10.6. The Kier molecular flexibility index (Phi) is 1.55. The number of nitro benzene ring substituents is 1. The van der Waals surface area contributed by atoms with Gasteiger partial charge < -0.3 is 0 Å². The van der Waals surface area contributed by atoms with Crippen LogP contribution in [0.15, 0.2) is 18.3 Å². The van der Waals surface area contributed by atoms with Gasteiger partial charge in [-0.3, -0.25) is 15.4 Å². The van der Waals surface area contributed by atoms with Crippen molar-refractivity contribution in [1.82, 2.24) is 5.32 Å². The molecule has 4 nitrogen and oxygen atoms in total. The average molecular weight is 175 g/mol. The normalized spacial score (nSPS) is 12.4. The first-order valence-electron chi connectivity index (χ1n) is 3.85. The van der Waals surface area contributed by atoms with E-state index in [9.17, 15) is 10.1 Å². The van der Waals surface area contributed by atoms with E-state index in [-0.39, 0.29) is 10.6 Å². The molecule has 65 valence electrons. The van der Waals surface area contributed by atoms with E-state index in [4.69, 9.17) is 0 Å². The van der Waals surface area contributed by atoms with Crippen molar-refractivity contribution in [2.45, 2.75) is 6.92 Å². The third-order valence-electron chi connectivity index (χ3n) is 2.11. The van der Waals surface area contributed by atoms with Crippen molar-refractivity contribution in [2.24, 2.45) is 0 Å². The standard InChI is InChI=1S/C9H7N2O2/c1-6-7-4-5-10-8(7)2-3-9(6)11(12)13/h2-5H,1H3. The Bertz CT molecular complexity index is 410. The van der Waals surface area contributed by atoms with Gasteiger partial charge in [-0.2, -0.15) is 0 Å². The van der Waals surface area contributed by atoms with Crippen molar-refractivity contribution < 1.29 is 4.92 Å². The van der Waals surface area contributed by atoms with Crippen molar-refractivity contribution in [3.8, 4) is 0 Å². The molecule has 0 spiro atoms. The first-order valence-corrected chi connectivity index (χ1v) is 3.85. The van der Waals surface area contributed by atoms with Crippen molar-refractivity contribution in [1.29, 1.82) is 0 Å². The average Bonchev–Trinajstić information content (AvgIpc) is 2.52. The van der Waals surface area contributed by atoms with Crippen LogP contribution in [0.3, 0.4) is 0 Å². The van der Waals surface area contributed by atoms with E-state index in [1.165, 1.54) is 6.07 Å². The Morgan fingerprint density at radius 2 is 2.23 bits per heavy atom. The maximum absolute atomic E-state index is 10.6. The van der Waals surface area contributed by atoms with Gasteiger partial charge in [0.05, 0.1) is 10.6 Å². The SMILES string of the molecule is Cc1c([N+](=O)[O-])ccc2c1C=C[N]2. The number of hydrogen-bond acceptors (Lipinski definition) is 2. The molecule has 0 unspecified atom stereocenters. The summed E-state index contributed by atoms with van der Waals surface area (Å²) in [5.74, 6) is 0. The van der Waals surface area contributed by atoms with Crippen LogP contribution in [0.1, 0.15) is 11.1 Å². The van der Waals surface area contributed by atoms with Crippen LogP contribution in [-0.4, -0.2) is 4.92 Å². The molecule has 4 heteroatoms. The second-order valence-corrected chi connectivity index (χ2v) is 2.84. The zero-order chi connectivity index (χ0) is 9.42. The Morgan fingerprint density at radius 1 is 1.46 bits per heavy atom. The molecule has 1 heterocycles. The van der Waals surface area contributed by atoms with Crippen molar-refractivity contribution >= 4 is 17.5 Å². The first kappa shape index (κ1) is 7.79. The number of fused-ring (bicyclic) bond motifs is 1. The smallest absolute Gasteiger partial charge is 0.258 e. The fourth-order valence-electron chi connectivity index (χ4n) is 1.42. The highest BCUT2D eigenvalue weighted by molar-refractivity contribution is 5.74. The highest BCUT2D eigenvalue weighted by Gasteiger charge is 2.17. The van der Waals surface area contributed by atoms with E-state index in [0.717, 1.165) is 11.3 Å². The topological polar surface area (TPSA) is 57.2 Å². The predicted octanol–water partition coefficient (Wildman–Crippen LogP) is 2.12. The fraction of sp³-hybridized carbons (Fsp3) is 0.111. The summed E-state index contributed by atoms with van der Waals surface area (Å²) in [6, 6.07) is 3.16. The largest absolute Gasteiger partial charge is 0.273 e. The van der Waals surface area contributed by atoms with Gasteiger partial charge >= 0.3 is 0 Å². The van der Waals surface area contributed by atoms with Crippen LogP contribution in [-0.2, 0) is 0 Å². The molecule has 0 fully saturated rings. The van der Waals surface area contributed by atoms with Crippen LogP contribution >= 0.6 is 0 Å². The van der Waals surface area contributed by atoms with Crippen molar-refractivity contribution in [2.75, 3.05) is 0 Å². The first-order chi connectivity index (χ1) is 6.20. The van der Waals surface area contributed by atoms with Crippen LogP contribution in [0.2, 0.25) is 0 Å². The number of nitro groups is 1. The molecule has 0 bridgehead atoms. The summed E-state index contributed by atoms with van der Waals surface area (Å²) in [7, 11) is 0. The zero-order valence-electron chi connectivity index (χ0n) is 7.02. The number of rotatable bonds is 1. The predicted molar refractivity (Wildman–Crippen MR) is 48.7 cm³/mol. The van der Waals surface area contributed by atoms with E-state index in [1.807, 2.05) is 0 Å². The summed E-state index contributed by atoms with van der Waals surface area (Å²) in [6.07, 6.45) is 3.44. The van der Waals surface area contributed by atoms with Crippen molar-refractivity contribution in [3.05, 3.63) is 39.6 Å². The van der Waals surface area contributed by atoms with Gasteiger partial charge in [0.1, 0.15) is 0 Å². The highest BCUT2D eigenvalue weighted by atomic mass is 16.6. The lowest BCUT2D eigenvalue weighted by Crippen LogP contribution is -1.94. The van der Waals surface area contributed by atoms with E-state index in [2.05, 4.69) is 5.32 Å². The molecule has 2 rings (SSSR count). The molecule has 1 aliphatic rings. The Hall–Kier alpha value is -1.84. The van der Waals surface area contributed by atoms with E-state index >= 15 is 0 Å². The van der Waals surface area contributed by atoms with Gasteiger partial charge in [0.2, 0.25) is 0 Å². The molecule has 1 radical (unpaired) electrons. The molecule has 1 aliphatic heterocycles. The van der Waals surface area contributed by atoms with Gasteiger partial charge in [-0.15, -0.1) is 0 Å². The molecule has 0 N–H and O–H groups in total. The minimum absolute atomic E-state index is 0.153. The third-order valence-corrected chi connectivity index (χ3v) is 2.11. The molecule has 0 saturated carbocycles. The lowest BCUT2D eigenvalue weighted by atomic mass is 10.1. The van der Waals surface area contributed by atoms with E-state index < -0.39 is 0 Å². The monoisotopic (exact) mass is 175 g/mol. The molecule has 0 aromatic heterocycles. The quantitative estimate of drug-likeness (QED) is 0.484. The molecule has 1 aromatic carbocycles. The van der Waals surface area contributed by atoms with Gasteiger partial charge in [0.25, 0.3) is 5.69 Å². The highest BCUT2D eigenvalue weighted by Crippen LogP contribution is 2.31. The molecule has 0 amide bonds.